The lowest BCUT2D eigenvalue weighted by molar-refractivity contribution is -0.140. The predicted octanol–water partition coefficient (Wildman–Crippen LogP) is 2.93. The number of aliphatic imine (C=N–C) groups is 1. The van der Waals surface area contributed by atoms with Crippen LogP contribution in [0.1, 0.15) is 36.8 Å². The van der Waals surface area contributed by atoms with E-state index in [2.05, 4.69) is 20.4 Å². The molecule has 140 valence electrons. The van der Waals surface area contributed by atoms with Crippen molar-refractivity contribution in [2.24, 2.45) is 4.99 Å². The zero-order chi connectivity index (χ0) is 18.9. The van der Waals surface area contributed by atoms with Crippen LogP contribution in [0.25, 0.3) is 0 Å². The maximum atomic E-state index is 12.8. The van der Waals surface area contributed by atoms with Gasteiger partial charge in [0, 0.05) is 20.1 Å². The first-order chi connectivity index (χ1) is 11.8. The fraction of sp³-hybridized carbons (Fsp3) is 0.529. The summed E-state index contributed by atoms with van der Waals surface area (Å²) in [6.07, 6.45) is -3.48. The van der Waals surface area contributed by atoms with E-state index in [9.17, 15) is 18.0 Å². The van der Waals surface area contributed by atoms with Gasteiger partial charge in [0.15, 0.2) is 5.96 Å². The van der Waals surface area contributed by atoms with Crippen molar-refractivity contribution in [1.82, 2.24) is 10.6 Å². The summed E-state index contributed by atoms with van der Waals surface area (Å²) in [6, 6.07) is 5.38. The van der Waals surface area contributed by atoms with Gasteiger partial charge in [-0.25, -0.2) is 0 Å². The second kappa shape index (κ2) is 9.90. The molecule has 1 atom stereocenters. The molecule has 1 aromatic carbocycles. The first kappa shape index (κ1) is 20.8. The molecular formula is C17H24F3N3O2. The molecule has 0 saturated carbocycles. The van der Waals surface area contributed by atoms with E-state index in [-0.39, 0.29) is 18.3 Å². The van der Waals surface area contributed by atoms with Crippen molar-refractivity contribution in [3.8, 4) is 0 Å². The highest BCUT2D eigenvalue weighted by Gasteiger charge is 2.30. The highest BCUT2D eigenvalue weighted by Crippen LogP contribution is 2.31. The van der Waals surface area contributed by atoms with Crippen molar-refractivity contribution in [1.29, 1.82) is 0 Å². The molecule has 2 N–H and O–H groups in total. The lowest BCUT2D eigenvalue weighted by Crippen LogP contribution is -2.39. The number of esters is 1. The molecule has 1 rings (SSSR count). The molecule has 8 heteroatoms. The number of carbonyl (C=O) groups excluding carboxylic acids is 1. The fourth-order valence-electron chi connectivity index (χ4n) is 2.20. The number of rotatable bonds is 7. The number of hydrogen-bond acceptors (Lipinski definition) is 3. The highest BCUT2D eigenvalue weighted by atomic mass is 19.4. The van der Waals surface area contributed by atoms with E-state index in [4.69, 9.17) is 0 Å². The number of nitrogens with zero attached hydrogens (tertiary/aromatic N) is 1. The number of carbonyl (C=O) groups is 1. The normalized spacial score (nSPS) is 13.3. The highest BCUT2D eigenvalue weighted by molar-refractivity contribution is 5.80. The minimum atomic E-state index is -4.33. The van der Waals surface area contributed by atoms with E-state index in [1.165, 1.54) is 19.2 Å². The Balaban J connectivity index is 2.45. The van der Waals surface area contributed by atoms with Crippen molar-refractivity contribution < 1.29 is 22.7 Å². The molecule has 1 aromatic rings. The number of hydrogen-bond donors (Lipinski definition) is 2. The van der Waals surface area contributed by atoms with E-state index < -0.39 is 11.7 Å². The van der Waals surface area contributed by atoms with Gasteiger partial charge in [0.1, 0.15) is 0 Å². The number of ether oxygens (including phenoxy) is 1. The quantitative estimate of drug-likeness (QED) is 0.446. The summed E-state index contributed by atoms with van der Waals surface area (Å²) in [5.74, 6) is 0.171. The Bertz CT molecular complexity index is 589. The number of methoxy groups -OCH3 is 1. The van der Waals surface area contributed by atoms with Gasteiger partial charge >= 0.3 is 12.1 Å². The molecule has 25 heavy (non-hydrogen) atoms. The molecule has 0 amide bonds. The van der Waals surface area contributed by atoms with E-state index >= 15 is 0 Å². The van der Waals surface area contributed by atoms with E-state index in [1.54, 1.807) is 13.1 Å². The Morgan fingerprint density at radius 2 is 1.96 bits per heavy atom. The molecule has 1 unspecified atom stereocenters. The first-order valence-electron chi connectivity index (χ1n) is 7.96. The third kappa shape index (κ3) is 7.45. The molecule has 0 aliphatic carbocycles. The van der Waals surface area contributed by atoms with Gasteiger partial charge in [-0.15, -0.1) is 0 Å². The molecule has 0 aromatic heterocycles. The number of halogens is 3. The average Bonchev–Trinajstić information content (AvgIpc) is 2.59. The molecule has 0 radical (unpaired) electrons. The maximum Gasteiger partial charge on any atom is 0.416 e. The van der Waals surface area contributed by atoms with Gasteiger partial charge in [-0.05, 0) is 24.0 Å². The summed E-state index contributed by atoms with van der Waals surface area (Å²) in [5, 5.41) is 6.04. The van der Waals surface area contributed by atoms with Gasteiger partial charge in [-0.1, -0.05) is 25.1 Å². The molecule has 0 aliphatic rings. The van der Waals surface area contributed by atoms with Crippen LogP contribution in [0, 0.1) is 0 Å². The van der Waals surface area contributed by atoms with Crippen molar-refractivity contribution in [3.63, 3.8) is 0 Å². The Kier molecular flexibility index (Phi) is 8.24. The summed E-state index contributed by atoms with van der Waals surface area (Å²) in [5.41, 5.74) is 0.00959. The fourth-order valence-corrected chi connectivity index (χ4v) is 2.20. The van der Waals surface area contributed by atoms with Crippen LogP contribution in [-0.4, -0.2) is 39.2 Å². The zero-order valence-corrected chi connectivity index (χ0v) is 14.6. The van der Waals surface area contributed by atoms with Crippen LogP contribution in [0.2, 0.25) is 0 Å². The van der Waals surface area contributed by atoms with Gasteiger partial charge < -0.3 is 15.4 Å². The summed E-state index contributed by atoms with van der Waals surface area (Å²) in [7, 11) is 2.92. The smallest absolute Gasteiger partial charge is 0.416 e. The van der Waals surface area contributed by atoms with Gasteiger partial charge in [-0.2, -0.15) is 13.2 Å². The largest absolute Gasteiger partial charge is 0.469 e. The van der Waals surface area contributed by atoms with Crippen LogP contribution in [0.3, 0.4) is 0 Å². The third-order valence-electron chi connectivity index (χ3n) is 3.73. The molecule has 0 spiro atoms. The second-order valence-corrected chi connectivity index (χ2v) is 5.56. The van der Waals surface area contributed by atoms with Crippen molar-refractivity contribution >= 4 is 11.9 Å². The topological polar surface area (TPSA) is 62.7 Å². The van der Waals surface area contributed by atoms with Crippen molar-refractivity contribution in [2.45, 2.75) is 31.9 Å². The van der Waals surface area contributed by atoms with Crippen LogP contribution in [-0.2, 0) is 15.7 Å². The van der Waals surface area contributed by atoms with Gasteiger partial charge in [-0.3, -0.25) is 9.79 Å². The molecule has 0 saturated heterocycles. The standard InChI is InChI=1S/C17H24F3N3O2/c1-12(13-5-4-6-14(11-13)17(18,19)20)7-9-22-16(21-2)23-10-8-15(24)25-3/h4-6,11-12H,7-10H2,1-3H3,(H2,21,22,23). The first-order valence-corrected chi connectivity index (χ1v) is 7.96. The van der Waals surface area contributed by atoms with E-state index in [1.807, 2.05) is 6.92 Å². The monoisotopic (exact) mass is 359 g/mol. The summed E-state index contributed by atoms with van der Waals surface area (Å²) < 4.78 is 42.8. The van der Waals surface area contributed by atoms with Gasteiger partial charge in [0.05, 0.1) is 19.1 Å². The number of guanidine groups is 1. The molecule has 0 heterocycles. The van der Waals surface area contributed by atoms with Crippen LogP contribution in [0.5, 0.6) is 0 Å². The summed E-state index contributed by atoms with van der Waals surface area (Å²) in [6.45, 7) is 2.80. The Morgan fingerprint density at radius 3 is 2.56 bits per heavy atom. The minimum Gasteiger partial charge on any atom is -0.469 e. The summed E-state index contributed by atoms with van der Waals surface area (Å²) in [4.78, 5) is 15.1. The minimum absolute atomic E-state index is 0.0389. The van der Waals surface area contributed by atoms with Crippen LogP contribution in [0.4, 0.5) is 13.2 Å². The Morgan fingerprint density at radius 1 is 1.28 bits per heavy atom. The number of alkyl halides is 3. The molecule has 0 aliphatic heterocycles. The number of benzene rings is 1. The van der Waals surface area contributed by atoms with Gasteiger partial charge in [0.2, 0.25) is 0 Å². The van der Waals surface area contributed by atoms with Crippen molar-refractivity contribution in [2.75, 3.05) is 27.2 Å². The predicted molar refractivity (Wildman–Crippen MR) is 90.5 cm³/mol. The van der Waals surface area contributed by atoms with E-state index in [0.717, 1.165) is 6.07 Å². The number of nitrogens with one attached hydrogen (secondary N) is 2. The summed E-state index contributed by atoms with van der Waals surface area (Å²) >= 11 is 0. The van der Waals surface area contributed by atoms with E-state index in [0.29, 0.717) is 31.0 Å². The second-order valence-electron chi connectivity index (χ2n) is 5.56. The molecule has 0 bridgehead atoms. The molecular weight excluding hydrogens is 335 g/mol. The average molecular weight is 359 g/mol. The zero-order valence-electron chi connectivity index (χ0n) is 14.6. The van der Waals surface area contributed by atoms with Gasteiger partial charge in [0.25, 0.3) is 0 Å². The lowest BCUT2D eigenvalue weighted by atomic mass is 9.96. The Hall–Kier alpha value is -2.25. The van der Waals surface area contributed by atoms with Crippen LogP contribution >= 0.6 is 0 Å². The van der Waals surface area contributed by atoms with Crippen LogP contribution < -0.4 is 10.6 Å². The van der Waals surface area contributed by atoms with Crippen LogP contribution in [0.15, 0.2) is 29.3 Å². The lowest BCUT2D eigenvalue weighted by Gasteiger charge is -2.16. The SMILES string of the molecule is CN=C(NCCC(=O)OC)NCCC(C)c1cccc(C(F)(F)F)c1. The third-order valence-corrected chi connectivity index (χ3v) is 3.73. The maximum absolute atomic E-state index is 12.8. The van der Waals surface area contributed by atoms with Crippen molar-refractivity contribution in [3.05, 3.63) is 35.4 Å². The molecule has 0 fully saturated rings. The Labute approximate surface area is 145 Å². The molecule has 5 nitrogen and oxygen atoms in total.